The molecule has 1 aliphatic heterocycles. The lowest BCUT2D eigenvalue weighted by Gasteiger charge is -2.37. The van der Waals surface area contributed by atoms with Crippen LogP contribution in [0.1, 0.15) is 0 Å². The topological polar surface area (TPSA) is 52.2 Å². The van der Waals surface area contributed by atoms with Crippen LogP contribution in [0, 0.1) is 0 Å². The van der Waals surface area contributed by atoms with E-state index in [0.717, 1.165) is 37.7 Å². The van der Waals surface area contributed by atoms with Gasteiger partial charge in [0.2, 0.25) is 5.56 Å². The Morgan fingerprint density at radius 1 is 1.10 bits per heavy atom. The van der Waals surface area contributed by atoms with Crippen LogP contribution in [-0.4, -0.2) is 36.1 Å². The van der Waals surface area contributed by atoms with Gasteiger partial charge in [-0.15, -0.1) is 0 Å². The Hall–Kier alpha value is -2.01. The maximum atomic E-state index is 11.3. The second-order valence-electron chi connectivity index (χ2n) is 4.70. The molecule has 5 nitrogen and oxygen atoms in total. The van der Waals surface area contributed by atoms with Crippen molar-refractivity contribution < 1.29 is 0 Å². The molecular weight excluding hydrogens is 276 g/mol. The monoisotopic (exact) mass is 290 g/mol. The number of aromatic nitrogens is 2. The van der Waals surface area contributed by atoms with E-state index in [1.807, 2.05) is 12.1 Å². The van der Waals surface area contributed by atoms with Crippen LogP contribution in [0.5, 0.6) is 0 Å². The largest absolute Gasteiger partial charge is 0.367 e. The van der Waals surface area contributed by atoms with Gasteiger partial charge in [0.05, 0.1) is 10.7 Å². The molecule has 0 bridgehead atoms. The second kappa shape index (κ2) is 5.54. The fourth-order valence-corrected chi connectivity index (χ4v) is 2.67. The quantitative estimate of drug-likeness (QED) is 0.915. The van der Waals surface area contributed by atoms with E-state index in [2.05, 4.69) is 19.8 Å². The Balaban J connectivity index is 1.71. The third kappa shape index (κ3) is 2.63. The summed E-state index contributed by atoms with van der Waals surface area (Å²) in [4.78, 5) is 22.6. The normalized spacial score (nSPS) is 15.4. The summed E-state index contributed by atoms with van der Waals surface area (Å²) < 4.78 is 0. The van der Waals surface area contributed by atoms with Crippen LogP contribution >= 0.6 is 11.6 Å². The first kappa shape index (κ1) is 13.0. The Morgan fingerprint density at radius 2 is 1.85 bits per heavy atom. The summed E-state index contributed by atoms with van der Waals surface area (Å²) in [5.41, 5.74) is 0.949. The zero-order chi connectivity index (χ0) is 13.9. The molecule has 1 N–H and O–H groups in total. The molecule has 0 amide bonds. The number of pyridine rings is 2. The van der Waals surface area contributed by atoms with Gasteiger partial charge >= 0.3 is 0 Å². The number of anilines is 2. The van der Waals surface area contributed by atoms with Crippen molar-refractivity contribution in [3.8, 4) is 0 Å². The van der Waals surface area contributed by atoms with E-state index in [0.29, 0.717) is 5.02 Å². The van der Waals surface area contributed by atoms with E-state index in [1.54, 1.807) is 18.5 Å². The van der Waals surface area contributed by atoms with Crippen molar-refractivity contribution in [1.82, 2.24) is 9.97 Å². The molecule has 0 saturated carbocycles. The van der Waals surface area contributed by atoms with Crippen LogP contribution in [0.25, 0.3) is 0 Å². The van der Waals surface area contributed by atoms with E-state index < -0.39 is 0 Å². The number of hydrogen-bond acceptors (Lipinski definition) is 4. The van der Waals surface area contributed by atoms with Gasteiger partial charge in [-0.2, -0.15) is 0 Å². The second-order valence-corrected chi connectivity index (χ2v) is 5.11. The van der Waals surface area contributed by atoms with Crippen LogP contribution in [-0.2, 0) is 0 Å². The molecule has 0 aliphatic carbocycles. The van der Waals surface area contributed by atoms with Crippen LogP contribution in [0.15, 0.2) is 41.5 Å². The number of H-pyrrole nitrogens is 1. The van der Waals surface area contributed by atoms with E-state index >= 15 is 0 Å². The highest BCUT2D eigenvalue weighted by Gasteiger charge is 2.19. The van der Waals surface area contributed by atoms with Gasteiger partial charge in [-0.25, -0.2) is 0 Å². The molecule has 2 aromatic heterocycles. The summed E-state index contributed by atoms with van der Waals surface area (Å²) in [6.07, 6.45) is 3.42. The van der Waals surface area contributed by atoms with E-state index in [-0.39, 0.29) is 5.56 Å². The fraction of sp³-hybridized carbons (Fsp3) is 0.286. The highest BCUT2D eigenvalue weighted by molar-refractivity contribution is 6.33. The predicted molar refractivity (Wildman–Crippen MR) is 80.7 cm³/mol. The first-order valence-electron chi connectivity index (χ1n) is 6.53. The number of hydrogen-bond donors (Lipinski definition) is 1. The van der Waals surface area contributed by atoms with Crippen LogP contribution in [0.2, 0.25) is 5.02 Å². The molecule has 3 rings (SSSR count). The van der Waals surface area contributed by atoms with Crippen LogP contribution < -0.4 is 15.4 Å². The third-order valence-corrected chi connectivity index (χ3v) is 3.76. The lowest BCUT2D eigenvalue weighted by Crippen LogP contribution is -2.47. The van der Waals surface area contributed by atoms with Crippen molar-refractivity contribution in [3.05, 3.63) is 52.0 Å². The van der Waals surface area contributed by atoms with Gasteiger partial charge in [-0.3, -0.25) is 9.78 Å². The van der Waals surface area contributed by atoms with Crippen LogP contribution in [0.3, 0.4) is 0 Å². The molecule has 0 spiro atoms. The summed E-state index contributed by atoms with van der Waals surface area (Å²) in [5.74, 6) is 0.873. The Bertz CT molecular complexity index is 649. The summed E-state index contributed by atoms with van der Waals surface area (Å²) >= 11 is 6.17. The summed E-state index contributed by atoms with van der Waals surface area (Å²) in [6.45, 7) is 3.42. The molecule has 0 atom stereocenters. The van der Waals surface area contributed by atoms with E-state index in [9.17, 15) is 4.79 Å². The lowest BCUT2D eigenvalue weighted by atomic mass is 10.2. The fourth-order valence-electron chi connectivity index (χ4n) is 2.43. The molecule has 0 aromatic carbocycles. The zero-order valence-corrected chi connectivity index (χ0v) is 11.7. The smallest absolute Gasteiger partial charge is 0.249 e. The predicted octanol–water partition coefficient (Wildman–Crippen LogP) is 1.75. The molecular formula is C14H15ClN4O. The number of nitrogens with one attached hydrogen (secondary N) is 1. The van der Waals surface area contributed by atoms with Crippen molar-refractivity contribution in [3.63, 3.8) is 0 Å². The van der Waals surface area contributed by atoms with Gasteiger partial charge in [-0.1, -0.05) is 17.7 Å². The molecule has 20 heavy (non-hydrogen) atoms. The van der Waals surface area contributed by atoms with Crippen molar-refractivity contribution >= 4 is 23.1 Å². The van der Waals surface area contributed by atoms with Crippen LogP contribution in [0.4, 0.5) is 11.5 Å². The minimum Gasteiger partial charge on any atom is -0.367 e. The average Bonchev–Trinajstić information content (AvgIpc) is 2.48. The van der Waals surface area contributed by atoms with Gasteiger partial charge in [0.1, 0.15) is 5.82 Å². The molecule has 104 valence electrons. The van der Waals surface area contributed by atoms with Crippen molar-refractivity contribution in [2.75, 3.05) is 36.0 Å². The number of halogens is 1. The van der Waals surface area contributed by atoms with Crippen molar-refractivity contribution in [1.29, 1.82) is 0 Å². The zero-order valence-electron chi connectivity index (χ0n) is 10.9. The Morgan fingerprint density at radius 3 is 2.55 bits per heavy atom. The van der Waals surface area contributed by atoms with Gasteiger partial charge in [0, 0.05) is 44.6 Å². The van der Waals surface area contributed by atoms with Crippen molar-refractivity contribution in [2.45, 2.75) is 0 Å². The first-order valence-corrected chi connectivity index (χ1v) is 6.90. The molecule has 6 heteroatoms. The number of aromatic amines is 1. The average molecular weight is 291 g/mol. The van der Waals surface area contributed by atoms with Gasteiger partial charge in [0.25, 0.3) is 0 Å². The highest BCUT2D eigenvalue weighted by atomic mass is 35.5. The molecule has 0 unspecified atom stereocenters. The molecule has 0 radical (unpaired) electrons. The van der Waals surface area contributed by atoms with Gasteiger partial charge in [-0.05, 0) is 12.1 Å². The summed E-state index contributed by atoms with van der Waals surface area (Å²) in [7, 11) is 0. The molecule has 1 saturated heterocycles. The minimum atomic E-state index is -0.0675. The number of nitrogens with zero attached hydrogens (tertiary/aromatic N) is 3. The third-order valence-electron chi connectivity index (χ3n) is 3.47. The molecule has 1 aliphatic rings. The molecule has 3 heterocycles. The summed E-state index contributed by atoms with van der Waals surface area (Å²) in [6, 6.07) is 7.16. The minimum absolute atomic E-state index is 0.0675. The molecule has 2 aromatic rings. The lowest BCUT2D eigenvalue weighted by molar-refractivity contribution is 0.646. The Labute approximate surface area is 121 Å². The number of piperazine rings is 1. The van der Waals surface area contributed by atoms with E-state index in [1.165, 1.54) is 6.07 Å². The molecule has 1 fully saturated rings. The van der Waals surface area contributed by atoms with Gasteiger partial charge in [0.15, 0.2) is 0 Å². The van der Waals surface area contributed by atoms with Gasteiger partial charge < -0.3 is 14.8 Å². The Kier molecular flexibility index (Phi) is 3.60. The first-order chi connectivity index (χ1) is 9.74. The summed E-state index contributed by atoms with van der Waals surface area (Å²) in [5, 5.41) is 0.675. The maximum absolute atomic E-state index is 11.3. The standard InChI is InChI=1S/C14H15ClN4O/c15-11-10-16-5-4-12(11)18-6-8-19(9-7-18)13-2-1-3-14(20)17-13/h1-5,10H,6-9H2,(H,17,20). The SMILES string of the molecule is O=c1cccc(N2CCN(c3ccncc3Cl)CC2)[nH]1. The van der Waals surface area contributed by atoms with E-state index in [4.69, 9.17) is 11.6 Å². The number of rotatable bonds is 2. The highest BCUT2D eigenvalue weighted by Crippen LogP contribution is 2.25. The maximum Gasteiger partial charge on any atom is 0.249 e. The van der Waals surface area contributed by atoms with Crippen molar-refractivity contribution in [2.24, 2.45) is 0 Å².